The van der Waals surface area contributed by atoms with E-state index in [2.05, 4.69) is 33.2 Å². The SMILES string of the molecule is COC(=O)c1cc(Cc2cccc3c2C=CCC3)c(C(=O)OC)nn1. The first-order chi connectivity index (χ1) is 12.1. The molecule has 1 aliphatic rings. The normalized spacial score (nSPS) is 12.4. The van der Waals surface area contributed by atoms with Crippen LogP contribution >= 0.6 is 0 Å². The summed E-state index contributed by atoms with van der Waals surface area (Å²) < 4.78 is 9.47. The largest absolute Gasteiger partial charge is 0.464 e. The van der Waals surface area contributed by atoms with E-state index in [1.54, 1.807) is 0 Å². The molecule has 3 rings (SSSR count). The van der Waals surface area contributed by atoms with Crippen molar-refractivity contribution < 1.29 is 19.1 Å². The minimum atomic E-state index is -0.597. The highest BCUT2D eigenvalue weighted by atomic mass is 16.5. The quantitative estimate of drug-likeness (QED) is 0.798. The number of aryl methyl sites for hydroxylation is 1. The summed E-state index contributed by atoms with van der Waals surface area (Å²) in [6.07, 6.45) is 6.69. The first-order valence-corrected chi connectivity index (χ1v) is 7.94. The fourth-order valence-corrected chi connectivity index (χ4v) is 2.94. The number of carbonyl (C=O) groups is 2. The molecule has 6 heteroatoms. The fraction of sp³-hybridized carbons (Fsp3) is 0.263. The molecule has 1 aromatic carbocycles. The Bertz CT molecular complexity index is 858. The van der Waals surface area contributed by atoms with E-state index in [1.807, 2.05) is 12.1 Å². The number of hydrogen-bond acceptors (Lipinski definition) is 6. The Labute approximate surface area is 145 Å². The number of fused-ring (bicyclic) bond motifs is 1. The van der Waals surface area contributed by atoms with E-state index in [9.17, 15) is 9.59 Å². The number of carbonyl (C=O) groups excluding carboxylic acids is 2. The van der Waals surface area contributed by atoms with Crippen molar-refractivity contribution in [1.82, 2.24) is 10.2 Å². The van der Waals surface area contributed by atoms with Gasteiger partial charge in [0.15, 0.2) is 11.4 Å². The molecular formula is C19H18N2O4. The van der Waals surface area contributed by atoms with Crippen LogP contribution in [-0.4, -0.2) is 36.4 Å². The van der Waals surface area contributed by atoms with E-state index in [0.29, 0.717) is 12.0 Å². The third kappa shape index (κ3) is 3.42. The van der Waals surface area contributed by atoms with Gasteiger partial charge in [0.05, 0.1) is 14.2 Å². The molecule has 0 atom stereocenters. The molecule has 0 fully saturated rings. The van der Waals surface area contributed by atoms with Gasteiger partial charge in [-0.2, -0.15) is 0 Å². The van der Waals surface area contributed by atoms with Crippen LogP contribution in [0.25, 0.3) is 6.08 Å². The second kappa shape index (κ2) is 7.25. The number of benzene rings is 1. The highest BCUT2D eigenvalue weighted by molar-refractivity contribution is 5.91. The zero-order chi connectivity index (χ0) is 17.8. The van der Waals surface area contributed by atoms with Gasteiger partial charge in [0.2, 0.25) is 0 Å². The number of nitrogens with zero attached hydrogens (tertiary/aromatic N) is 2. The molecule has 1 aromatic heterocycles. The summed E-state index contributed by atoms with van der Waals surface area (Å²) in [7, 11) is 2.56. The highest BCUT2D eigenvalue weighted by Crippen LogP contribution is 2.25. The summed E-state index contributed by atoms with van der Waals surface area (Å²) in [6, 6.07) is 7.65. The molecule has 6 nitrogen and oxygen atoms in total. The molecule has 0 unspecified atom stereocenters. The molecule has 25 heavy (non-hydrogen) atoms. The van der Waals surface area contributed by atoms with Gasteiger partial charge >= 0.3 is 11.9 Å². The van der Waals surface area contributed by atoms with Gasteiger partial charge in [-0.3, -0.25) is 0 Å². The Balaban J connectivity index is 2.05. The van der Waals surface area contributed by atoms with Gasteiger partial charge in [0.1, 0.15) is 0 Å². The van der Waals surface area contributed by atoms with E-state index in [1.165, 1.54) is 25.8 Å². The molecule has 128 valence electrons. The van der Waals surface area contributed by atoms with Crippen LogP contribution in [0.4, 0.5) is 0 Å². The summed E-state index contributed by atoms with van der Waals surface area (Å²) in [5.74, 6) is -1.18. The lowest BCUT2D eigenvalue weighted by Crippen LogP contribution is -2.15. The Morgan fingerprint density at radius 3 is 2.64 bits per heavy atom. The molecule has 0 spiro atoms. The Morgan fingerprint density at radius 2 is 1.88 bits per heavy atom. The van der Waals surface area contributed by atoms with Crippen LogP contribution in [0.3, 0.4) is 0 Å². The van der Waals surface area contributed by atoms with Crippen molar-refractivity contribution in [2.45, 2.75) is 19.3 Å². The number of methoxy groups -OCH3 is 2. The highest BCUT2D eigenvalue weighted by Gasteiger charge is 2.20. The monoisotopic (exact) mass is 338 g/mol. The molecule has 1 aliphatic carbocycles. The average molecular weight is 338 g/mol. The molecule has 1 heterocycles. The molecule has 0 amide bonds. The molecule has 0 saturated carbocycles. The number of allylic oxidation sites excluding steroid dienone is 1. The molecule has 0 N–H and O–H groups in total. The number of rotatable bonds is 4. The zero-order valence-electron chi connectivity index (χ0n) is 14.1. The molecule has 0 radical (unpaired) electrons. The van der Waals surface area contributed by atoms with Crippen molar-refractivity contribution in [3.05, 3.63) is 64.0 Å². The number of hydrogen-bond donors (Lipinski definition) is 0. The summed E-state index contributed by atoms with van der Waals surface area (Å²) in [4.78, 5) is 23.8. The number of aromatic nitrogens is 2. The fourth-order valence-electron chi connectivity index (χ4n) is 2.94. The van der Waals surface area contributed by atoms with Crippen LogP contribution in [0.15, 0.2) is 30.3 Å². The van der Waals surface area contributed by atoms with E-state index >= 15 is 0 Å². The standard InChI is InChI=1S/C19H18N2O4/c1-24-18(22)16-11-14(17(21-20-16)19(23)25-2)10-13-8-5-7-12-6-3-4-9-15(12)13/h4-5,7-9,11H,3,6,10H2,1-2H3. The lowest BCUT2D eigenvalue weighted by atomic mass is 9.90. The first-order valence-electron chi connectivity index (χ1n) is 7.94. The van der Waals surface area contributed by atoms with Crippen LogP contribution < -0.4 is 0 Å². The molecule has 0 bridgehead atoms. The summed E-state index contributed by atoms with van der Waals surface area (Å²) in [5.41, 5.74) is 4.23. The van der Waals surface area contributed by atoms with Crippen LogP contribution in [0.2, 0.25) is 0 Å². The van der Waals surface area contributed by atoms with E-state index in [-0.39, 0.29) is 11.4 Å². The maximum atomic E-state index is 12.0. The van der Waals surface area contributed by atoms with Crippen LogP contribution in [-0.2, 0) is 22.3 Å². The smallest absolute Gasteiger partial charge is 0.358 e. The molecule has 0 aliphatic heterocycles. The van der Waals surface area contributed by atoms with Crippen LogP contribution in [0.1, 0.15) is 49.7 Å². The minimum absolute atomic E-state index is 0.0606. The van der Waals surface area contributed by atoms with E-state index in [0.717, 1.165) is 24.0 Å². The Kier molecular flexibility index (Phi) is 4.88. The van der Waals surface area contributed by atoms with Crippen molar-refractivity contribution in [2.24, 2.45) is 0 Å². The van der Waals surface area contributed by atoms with Crippen molar-refractivity contribution >= 4 is 18.0 Å². The second-order valence-electron chi connectivity index (χ2n) is 5.69. The topological polar surface area (TPSA) is 78.4 Å². The summed E-state index contributed by atoms with van der Waals surface area (Å²) >= 11 is 0. The predicted octanol–water partition coefficient (Wildman–Crippen LogP) is 2.60. The minimum Gasteiger partial charge on any atom is -0.464 e. The first kappa shape index (κ1) is 16.8. The second-order valence-corrected chi connectivity index (χ2v) is 5.69. The van der Waals surface area contributed by atoms with Crippen LogP contribution in [0, 0.1) is 0 Å². The maximum Gasteiger partial charge on any atom is 0.358 e. The summed E-state index contributed by atoms with van der Waals surface area (Å²) in [5, 5.41) is 7.65. The van der Waals surface area contributed by atoms with Gasteiger partial charge in [-0.15, -0.1) is 10.2 Å². The van der Waals surface area contributed by atoms with Crippen molar-refractivity contribution in [3.63, 3.8) is 0 Å². The Morgan fingerprint density at radius 1 is 1.08 bits per heavy atom. The lowest BCUT2D eigenvalue weighted by Gasteiger charge is -2.16. The maximum absolute atomic E-state index is 12.0. The van der Waals surface area contributed by atoms with Crippen molar-refractivity contribution in [1.29, 1.82) is 0 Å². The van der Waals surface area contributed by atoms with Crippen molar-refractivity contribution in [2.75, 3.05) is 14.2 Å². The molecule has 2 aromatic rings. The van der Waals surface area contributed by atoms with Gasteiger partial charge in [-0.25, -0.2) is 9.59 Å². The van der Waals surface area contributed by atoms with Gasteiger partial charge in [0, 0.05) is 6.42 Å². The van der Waals surface area contributed by atoms with Gasteiger partial charge in [-0.1, -0.05) is 30.4 Å². The average Bonchev–Trinajstić information content (AvgIpc) is 2.67. The Hall–Kier alpha value is -3.02. The van der Waals surface area contributed by atoms with Crippen LogP contribution in [0.5, 0.6) is 0 Å². The zero-order valence-corrected chi connectivity index (χ0v) is 14.1. The lowest BCUT2D eigenvalue weighted by molar-refractivity contribution is 0.0572. The third-order valence-corrected chi connectivity index (χ3v) is 4.18. The molecular weight excluding hydrogens is 320 g/mol. The molecule has 0 saturated heterocycles. The van der Waals surface area contributed by atoms with Gasteiger partial charge in [-0.05, 0) is 41.2 Å². The predicted molar refractivity (Wildman–Crippen MR) is 91.3 cm³/mol. The summed E-state index contributed by atoms with van der Waals surface area (Å²) in [6.45, 7) is 0. The third-order valence-electron chi connectivity index (χ3n) is 4.18. The number of esters is 2. The van der Waals surface area contributed by atoms with Gasteiger partial charge in [0.25, 0.3) is 0 Å². The van der Waals surface area contributed by atoms with E-state index in [4.69, 9.17) is 4.74 Å². The van der Waals surface area contributed by atoms with Gasteiger partial charge < -0.3 is 9.47 Å². The van der Waals surface area contributed by atoms with Crippen molar-refractivity contribution in [3.8, 4) is 0 Å². The number of ether oxygens (including phenoxy) is 2. The van der Waals surface area contributed by atoms with E-state index < -0.39 is 11.9 Å².